The van der Waals surface area contributed by atoms with E-state index >= 15 is 0 Å². The molecule has 8 heteroatoms. The number of benzene rings is 1. The van der Waals surface area contributed by atoms with Crippen molar-refractivity contribution in [2.45, 2.75) is 25.8 Å². The number of carboxylic acids is 1. The lowest BCUT2D eigenvalue weighted by atomic mass is 9.89. The average Bonchev–Trinajstić information content (AvgIpc) is 2.46. The highest BCUT2D eigenvalue weighted by Crippen LogP contribution is 2.28. The Morgan fingerprint density at radius 2 is 2.14 bits per heavy atom. The third-order valence-electron chi connectivity index (χ3n) is 4.04. The minimum absolute atomic E-state index is 0.0343. The van der Waals surface area contributed by atoms with Crippen molar-refractivity contribution < 1.29 is 19.6 Å². The summed E-state index contributed by atoms with van der Waals surface area (Å²) in [6.45, 7) is 2.08. The van der Waals surface area contributed by atoms with Crippen LogP contribution in [0, 0.1) is 16.0 Å². The van der Waals surface area contributed by atoms with E-state index in [9.17, 15) is 24.8 Å². The van der Waals surface area contributed by atoms with E-state index in [1.807, 2.05) is 0 Å². The number of piperidine rings is 1. The fourth-order valence-electron chi connectivity index (χ4n) is 2.76. The molecule has 1 amide bonds. The molecule has 1 aliphatic rings. The molecule has 0 unspecified atom stereocenters. The highest BCUT2D eigenvalue weighted by Gasteiger charge is 2.36. The molecule has 0 aliphatic carbocycles. The summed E-state index contributed by atoms with van der Waals surface area (Å²) < 4.78 is 0. The second-order valence-electron chi connectivity index (χ2n) is 5.35. The van der Waals surface area contributed by atoms with Gasteiger partial charge in [0, 0.05) is 30.4 Å². The van der Waals surface area contributed by atoms with Crippen LogP contribution in [0.15, 0.2) is 18.2 Å². The third-order valence-corrected chi connectivity index (χ3v) is 4.04. The summed E-state index contributed by atoms with van der Waals surface area (Å²) in [7, 11) is 0. The molecule has 1 aliphatic heterocycles. The second kappa shape index (κ2) is 6.00. The van der Waals surface area contributed by atoms with Gasteiger partial charge in [0.05, 0.1) is 16.4 Å². The summed E-state index contributed by atoms with van der Waals surface area (Å²) in [5.41, 5.74) is 5.70. The zero-order valence-electron chi connectivity index (χ0n) is 12.1. The number of amides is 1. The number of rotatable bonds is 3. The molecule has 0 saturated carbocycles. The van der Waals surface area contributed by atoms with Crippen molar-refractivity contribution in [3.8, 4) is 0 Å². The number of nitro groups is 1. The Labute approximate surface area is 126 Å². The number of non-ortho nitro benzene ring substituents is 1. The predicted molar refractivity (Wildman–Crippen MR) is 78.4 cm³/mol. The number of hydrogen-bond donors (Lipinski definition) is 2. The Bertz CT molecular complexity index is 631. The van der Waals surface area contributed by atoms with Gasteiger partial charge in [-0.05, 0) is 25.8 Å². The first kappa shape index (κ1) is 15.7. The van der Waals surface area contributed by atoms with E-state index in [1.165, 1.54) is 17.0 Å². The van der Waals surface area contributed by atoms with Gasteiger partial charge in [-0.1, -0.05) is 0 Å². The van der Waals surface area contributed by atoms with E-state index in [0.717, 1.165) is 6.07 Å². The number of aliphatic carboxylic acids is 1. The summed E-state index contributed by atoms with van der Waals surface area (Å²) in [6, 6.07) is 3.19. The largest absolute Gasteiger partial charge is 0.481 e. The van der Waals surface area contributed by atoms with Crippen LogP contribution in [0.2, 0.25) is 0 Å². The maximum absolute atomic E-state index is 12.6. The number of nitrogen functional groups attached to an aromatic ring is 1. The number of carboxylic acid groups (broad SMARTS) is 1. The van der Waals surface area contributed by atoms with Crippen LogP contribution in [-0.2, 0) is 4.79 Å². The van der Waals surface area contributed by atoms with Crippen molar-refractivity contribution in [2.24, 2.45) is 5.92 Å². The Morgan fingerprint density at radius 1 is 1.45 bits per heavy atom. The van der Waals surface area contributed by atoms with E-state index in [2.05, 4.69) is 0 Å². The lowest BCUT2D eigenvalue weighted by Crippen LogP contribution is -2.49. The number of anilines is 1. The van der Waals surface area contributed by atoms with Crippen molar-refractivity contribution in [1.82, 2.24) is 4.90 Å². The molecule has 0 spiro atoms. The number of nitrogens with zero attached hydrogens (tertiary/aromatic N) is 2. The zero-order valence-corrected chi connectivity index (χ0v) is 12.1. The summed E-state index contributed by atoms with van der Waals surface area (Å²) in [5, 5.41) is 20.0. The van der Waals surface area contributed by atoms with E-state index in [-0.39, 0.29) is 16.9 Å². The van der Waals surface area contributed by atoms with Crippen LogP contribution in [-0.4, -0.2) is 39.4 Å². The summed E-state index contributed by atoms with van der Waals surface area (Å²) >= 11 is 0. The van der Waals surface area contributed by atoms with Crippen LogP contribution >= 0.6 is 0 Å². The van der Waals surface area contributed by atoms with E-state index in [1.54, 1.807) is 6.92 Å². The van der Waals surface area contributed by atoms with Crippen LogP contribution in [0.1, 0.15) is 30.1 Å². The molecule has 0 radical (unpaired) electrons. The van der Waals surface area contributed by atoms with E-state index in [0.29, 0.717) is 19.4 Å². The molecular weight excluding hydrogens is 290 g/mol. The lowest BCUT2D eigenvalue weighted by Gasteiger charge is -2.37. The Morgan fingerprint density at radius 3 is 2.73 bits per heavy atom. The Balaban J connectivity index is 2.33. The quantitative estimate of drug-likeness (QED) is 0.495. The fourth-order valence-corrected chi connectivity index (χ4v) is 2.76. The number of nitro benzene ring substituents is 1. The van der Waals surface area contributed by atoms with E-state index in [4.69, 9.17) is 5.73 Å². The monoisotopic (exact) mass is 307 g/mol. The molecular formula is C14H17N3O5. The maximum Gasteiger partial charge on any atom is 0.308 e. The first-order valence-electron chi connectivity index (χ1n) is 6.90. The van der Waals surface area contributed by atoms with Crippen LogP contribution in [0.25, 0.3) is 0 Å². The molecule has 0 aromatic heterocycles. The van der Waals surface area contributed by atoms with Crippen LogP contribution in [0.4, 0.5) is 11.4 Å². The molecule has 3 N–H and O–H groups in total. The molecule has 2 atom stereocenters. The Kier molecular flexibility index (Phi) is 4.30. The van der Waals surface area contributed by atoms with Crippen molar-refractivity contribution in [3.63, 3.8) is 0 Å². The first-order chi connectivity index (χ1) is 10.3. The zero-order chi connectivity index (χ0) is 16.4. The van der Waals surface area contributed by atoms with E-state index < -0.39 is 28.8 Å². The highest BCUT2D eigenvalue weighted by atomic mass is 16.6. The van der Waals surface area contributed by atoms with Gasteiger partial charge >= 0.3 is 5.97 Å². The maximum atomic E-state index is 12.6. The predicted octanol–water partition coefficient (Wildman–Crippen LogP) is 1.50. The highest BCUT2D eigenvalue weighted by molar-refractivity contribution is 6.00. The molecule has 2 rings (SSSR count). The van der Waals surface area contributed by atoms with Crippen molar-refractivity contribution in [1.29, 1.82) is 0 Å². The third kappa shape index (κ3) is 2.85. The molecule has 1 saturated heterocycles. The van der Waals surface area contributed by atoms with Crippen molar-refractivity contribution in [2.75, 3.05) is 12.3 Å². The second-order valence-corrected chi connectivity index (χ2v) is 5.35. The van der Waals surface area contributed by atoms with Crippen LogP contribution in [0.5, 0.6) is 0 Å². The minimum atomic E-state index is -0.947. The van der Waals surface area contributed by atoms with Crippen LogP contribution in [0.3, 0.4) is 0 Å². The molecule has 0 bridgehead atoms. The molecule has 1 aromatic rings. The number of nitrogens with two attached hydrogens (primary N) is 1. The molecule has 1 aromatic carbocycles. The number of likely N-dealkylation sites (tertiary alicyclic amines) is 1. The van der Waals surface area contributed by atoms with Gasteiger partial charge in [-0.3, -0.25) is 19.7 Å². The van der Waals surface area contributed by atoms with Gasteiger partial charge in [-0.15, -0.1) is 0 Å². The minimum Gasteiger partial charge on any atom is -0.481 e. The van der Waals surface area contributed by atoms with Gasteiger partial charge in [-0.2, -0.15) is 0 Å². The number of carbonyl (C=O) groups excluding carboxylic acids is 1. The van der Waals surface area contributed by atoms with Gasteiger partial charge in [0.25, 0.3) is 11.6 Å². The molecule has 118 valence electrons. The summed E-state index contributed by atoms with van der Waals surface area (Å²) in [4.78, 5) is 35.5. The normalized spacial score (nSPS) is 21.4. The van der Waals surface area contributed by atoms with Crippen molar-refractivity contribution in [3.05, 3.63) is 33.9 Å². The number of carbonyl (C=O) groups is 2. The number of hydrogen-bond acceptors (Lipinski definition) is 5. The smallest absolute Gasteiger partial charge is 0.308 e. The summed E-state index contributed by atoms with van der Waals surface area (Å²) in [6.07, 6.45) is 1.08. The molecule has 22 heavy (non-hydrogen) atoms. The molecule has 1 fully saturated rings. The standard InChI is InChI=1S/C14H17N3O5/c1-8-10(14(19)20)3-2-6-16(8)13(18)11-7-9(17(21)22)4-5-12(11)15/h4-5,7-8,10H,2-3,6,15H2,1H3,(H,19,20)/t8-,10-/m1/s1. The van der Waals surface area contributed by atoms with Gasteiger partial charge in [0.15, 0.2) is 0 Å². The topological polar surface area (TPSA) is 127 Å². The van der Waals surface area contributed by atoms with Gasteiger partial charge < -0.3 is 15.7 Å². The summed E-state index contributed by atoms with van der Waals surface area (Å²) in [5.74, 6) is -2.06. The molecule has 8 nitrogen and oxygen atoms in total. The SMILES string of the molecule is C[C@@H]1[C@H](C(=O)O)CCCN1C(=O)c1cc([N+](=O)[O-])ccc1N. The van der Waals surface area contributed by atoms with Gasteiger partial charge in [0.1, 0.15) is 0 Å². The van der Waals surface area contributed by atoms with Crippen molar-refractivity contribution >= 4 is 23.3 Å². The lowest BCUT2D eigenvalue weighted by molar-refractivity contribution is -0.384. The first-order valence-corrected chi connectivity index (χ1v) is 6.90. The fraction of sp³-hybridized carbons (Fsp3) is 0.429. The average molecular weight is 307 g/mol. The molecule has 1 heterocycles. The van der Waals surface area contributed by atoms with Crippen LogP contribution < -0.4 is 5.73 Å². The Hall–Kier alpha value is -2.64. The van der Waals surface area contributed by atoms with Gasteiger partial charge in [-0.25, -0.2) is 0 Å². The van der Waals surface area contributed by atoms with Gasteiger partial charge in [0.2, 0.25) is 0 Å².